The molecular weight excluding hydrogens is 206 g/mol. The second-order valence-corrected chi connectivity index (χ2v) is 4.66. The Morgan fingerprint density at radius 1 is 1.38 bits per heavy atom. The molecule has 3 aliphatic rings. The molecule has 0 amide bonds. The van der Waals surface area contributed by atoms with E-state index in [0.29, 0.717) is 23.5 Å². The fourth-order valence-electron chi connectivity index (χ4n) is 2.65. The van der Waals surface area contributed by atoms with Crippen molar-refractivity contribution in [2.75, 3.05) is 18.0 Å². The topological polar surface area (TPSA) is 69.5 Å². The lowest BCUT2D eigenvalue weighted by Crippen LogP contribution is -2.58. The van der Waals surface area contributed by atoms with Crippen molar-refractivity contribution >= 4 is 5.95 Å². The second kappa shape index (κ2) is 3.68. The molecule has 2 bridgehead atoms. The molecule has 86 valence electrons. The molecule has 2 aliphatic heterocycles. The molecule has 3 heterocycles. The van der Waals surface area contributed by atoms with Crippen LogP contribution in [0.3, 0.4) is 0 Å². The molecule has 2 saturated heterocycles. The monoisotopic (exact) mass is 221 g/mol. The number of fused-ring (bicyclic) bond motifs is 2. The lowest BCUT2D eigenvalue weighted by molar-refractivity contribution is -0.0535. The van der Waals surface area contributed by atoms with Gasteiger partial charge in [-0.2, -0.15) is 0 Å². The number of hydrogen-bond donors (Lipinski definition) is 2. The Morgan fingerprint density at radius 2 is 2.12 bits per heavy atom. The van der Waals surface area contributed by atoms with Crippen LogP contribution in [0, 0.1) is 11.8 Å². The molecule has 3 atom stereocenters. The summed E-state index contributed by atoms with van der Waals surface area (Å²) >= 11 is 0. The van der Waals surface area contributed by atoms with Gasteiger partial charge in [0.25, 0.3) is 0 Å². The highest BCUT2D eigenvalue weighted by molar-refractivity contribution is 5.33. The number of aliphatic hydroxyl groups is 2. The van der Waals surface area contributed by atoms with E-state index in [-0.39, 0.29) is 12.7 Å². The van der Waals surface area contributed by atoms with Gasteiger partial charge < -0.3 is 15.1 Å². The lowest BCUT2D eigenvalue weighted by atomic mass is 9.68. The Bertz CT molecular complexity index is 387. The van der Waals surface area contributed by atoms with E-state index in [9.17, 15) is 5.11 Å². The van der Waals surface area contributed by atoms with Crippen LogP contribution in [0.5, 0.6) is 0 Å². The summed E-state index contributed by atoms with van der Waals surface area (Å²) in [6.45, 7) is 1.60. The number of hydrogen-bond acceptors (Lipinski definition) is 5. The Hall–Kier alpha value is -1.20. The van der Waals surface area contributed by atoms with Gasteiger partial charge in [0.2, 0.25) is 5.95 Å². The van der Waals surface area contributed by atoms with E-state index in [4.69, 9.17) is 5.11 Å². The first kappa shape index (κ1) is 9.99. The van der Waals surface area contributed by atoms with E-state index in [1.165, 1.54) is 0 Å². The molecule has 1 saturated carbocycles. The molecule has 1 aromatic rings. The van der Waals surface area contributed by atoms with E-state index >= 15 is 0 Å². The third kappa shape index (κ3) is 1.47. The van der Waals surface area contributed by atoms with Crippen LogP contribution in [-0.2, 0) is 6.61 Å². The smallest absolute Gasteiger partial charge is 0.225 e. The zero-order valence-corrected chi connectivity index (χ0v) is 8.95. The molecule has 5 nitrogen and oxygen atoms in total. The zero-order chi connectivity index (χ0) is 11.1. The number of anilines is 1. The summed E-state index contributed by atoms with van der Waals surface area (Å²) in [5.41, 5.74) is 0.643. The maximum Gasteiger partial charge on any atom is 0.225 e. The third-order valence-electron chi connectivity index (χ3n) is 3.63. The van der Waals surface area contributed by atoms with Crippen LogP contribution in [0.4, 0.5) is 5.95 Å². The van der Waals surface area contributed by atoms with Crippen LogP contribution in [0.15, 0.2) is 12.3 Å². The number of piperidine rings is 2. The molecule has 16 heavy (non-hydrogen) atoms. The summed E-state index contributed by atoms with van der Waals surface area (Å²) in [6.07, 6.45) is 2.67. The van der Waals surface area contributed by atoms with Crippen LogP contribution >= 0.6 is 0 Å². The average Bonchev–Trinajstić information content (AvgIpc) is 2.38. The van der Waals surface area contributed by atoms with E-state index in [1.807, 2.05) is 0 Å². The lowest BCUT2D eigenvalue weighted by Gasteiger charge is -2.51. The first-order chi connectivity index (χ1) is 7.78. The van der Waals surface area contributed by atoms with Gasteiger partial charge in [0.15, 0.2) is 0 Å². The van der Waals surface area contributed by atoms with E-state index in [1.54, 1.807) is 12.3 Å². The predicted molar refractivity (Wildman–Crippen MR) is 57.8 cm³/mol. The van der Waals surface area contributed by atoms with Gasteiger partial charge in [-0.3, -0.25) is 0 Å². The van der Waals surface area contributed by atoms with E-state index in [0.717, 1.165) is 19.5 Å². The number of aromatic nitrogens is 2. The maximum atomic E-state index is 9.69. The van der Waals surface area contributed by atoms with Gasteiger partial charge in [0.1, 0.15) is 0 Å². The molecule has 1 aliphatic carbocycles. The van der Waals surface area contributed by atoms with Gasteiger partial charge >= 0.3 is 0 Å². The van der Waals surface area contributed by atoms with Crippen molar-refractivity contribution in [2.45, 2.75) is 19.1 Å². The van der Waals surface area contributed by atoms with Crippen molar-refractivity contribution in [3.63, 3.8) is 0 Å². The molecular formula is C11H15N3O2. The first-order valence-corrected chi connectivity index (χ1v) is 5.63. The minimum Gasteiger partial charge on any atom is -0.392 e. The average molecular weight is 221 g/mol. The molecule has 0 radical (unpaired) electrons. The molecule has 3 fully saturated rings. The molecule has 4 rings (SSSR count). The minimum atomic E-state index is -0.128. The van der Waals surface area contributed by atoms with Gasteiger partial charge in [0.05, 0.1) is 18.4 Å². The number of rotatable bonds is 2. The second-order valence-electron chi connectivity index (χ2n) is 4.66. The summed E-state index contributed by atoms with van der Waals surface area (Å²) < 4.78 is 0. The fourth-order valence-corrected chi connectivity index (χ4v) is 2.65. The highest BCUT2D eigenvalue weighted by atomic mass is 16.3. The van der Waals surface area contributed by atoms with Crippen molar-refractivity contribution in [1.82, 2.24) is 9.97 Å². The molecule has 5 heteroatoms. The van der Waals surface area contributed by atoms with Crippen LogP contribution in [0.25, 0.3) is 0 Å². The van der Waals surface area contributed by atoms with Crippen molar-refractivity contribution in [3.05, 3.63) is 18.0 Å². The Morgan fingerprint density at radius 3 is 2.75 bits per heavy atom. The molecule has 1 unspecified atom stereocenters. The summed E-state index contributed by atoms with van der Waals surface area (Å²) in [7, 11) is 0. The fraction of sp³-hybridized carbons (Fsp3) is 0.636. The number of nitrogens with zero attached hydrogens (tertiary/aromatic N) is 3. The van der Waals surface area contributed by atoms with E-state index in [2.05, 4.69) is 14.9 Å². The van der Waals surface area contributed by atoms with Crippen LogP contribution < -0.4 is 4.90 Å². The SMILES string of the molecule is OCc1ccnc(N2C[C@H]3C[C@@H](C2)C3O)n1. The summed E-state index contributed by atoms with van der Waals surface area (Å²) in [5, 5.41) is 18.7. The Kier molecular flexibility index (Phi) is 2.29. The molecule has 1 aromatic heterocycles. The highest BCUT2D eigenvalue weighted by Crippen LogP contribution is 2.40. The Balaban J connectivity index is 1.78. The largest absolute Gasteiger partial charge is 0.392 e. The normalized spacial score (nSPS) is 32.4. The predicted octanol–water partition coefficient (Wildman–Crippen LogP) is -0.214. The quantitative estimate of drug-likeness (QED) is 0.723. The van der Waals surface area contributed by atoms with Gasteiger partial charge in [-0.15, -0.1) is 0 Å². The first-order valence-electron chi connectivity index (χ1n) is 5.63. The summed E-state index contributed by atoms with van der Waals surface area (Å²) in [4.78, 5) is 10.6. The molecule has 0 spiro atoms. The standard InChI is InChI=1S/C11H15N3O2/c15-6-9-1-2-12-11(13-9)14-4-7-3-8(5-14)10(7)16/h1-2,7-8,10,15-16H,3-6H2/t7-,8+,10?. The van der Waals surface area contributed by atoms with Gasteiger partial charge in [-0.05, 0) is 12.5 Å². The summed E-state index contributed by atoms with van der Waals surface area (Å²) in [5.74, 6) is 1.42. The third-order valence-corrected chi connectivity index (χ3v) is 3.63. The van der Waals surface area contributed by atoms with Crippen LogP contribution in [-0.4, -0.2) is 39.4 Å². The highest BCUT2D eigenvalue weighted by Gasteiger charge is 2.46. The van der Waals surface area contributed by atoms with Crippen molar-refractivity contribution in [3.8, 4) is 0 Å². The van der Waals surface area contributed by atoms with Crippen molar-refractivity contribution in [1.29, 1.82) is 0 Å². The maximum absolute atomic E-state index is 9.69. The summed E-state index contributed by atoms with van der Waals surface area (Å²) in [6, 6.07) is 1.71. The van der Waals surface area contributed by atoms with Crippen LogP contribution in [0.1, 0.15) is 12.1 Å². The van der Waals surface area contributed by atoms with Gasteiger partial charge in [0, 0.05) is 31.1 Å². The van der Waals surface area contributed by atoms with Gasteiger partial charge in [-0.1, -0.05) is 0 Å². The minimum absolute atomic E-state index is 0.0567. The number of aliphatic hydroxyl groups excluding tert-OH is 2. The van der Waals surface area contributed by atoms with E-state index < -0.39 is 0 Å². The van der Waals surface area contributed by atoms with Crippen LogP contribution in [0.2, 0.25) is 0 Å². The van der Waals surface area contributed by atoms with Crippen molar-refractivity contribution < 1.29 is 10.2 Å². The van der Waals surface area contributed by atoms with Crippen molar-refractivity contribution in [2.24, 2.45) is 11.8 Å². The molecule has 0 aromatic carbocycles. The molecule has 2 N–H and O–H groups in total. The van der Waals surface area contributed by atoms with Gasteiger partial charge in [-0.25, -0.2) is 9.97 Å². The zero-order valence-electron chi connectivity index (χ0n) is 8.95. The Labute approximate surface area is 93.8 Å².